The van der Waals surface area contributed by atoms with Crippen LogP contribution in [-0.2, 0) is 22.6 Å². The lowest BCUT2D eigenvalue weighted by Gasteiger charge is -2.13. The Bertz CT molecular complexity index is 1560. The minimum absolute atomic E-state index is 0.0370. The molecule has 0 spiro atoms. The molecule has 0 amide bonds. The highest BCUT2D eigenvalue weighted by atomic mass is 32.2. The van der Waals surface area contributed by atoms with Crippen molar-refractivity contribution in [3.63, 3.8) is 0 Å². The predicted molar refractivity (Wildman–Crippen MR) is 115 cm³/mol. The van der Waals surface area contributed by atoms with Gasteiger partial charge in [-0.2, -0.15) is 39.6 Å². The van der Waals surface area contributed by atoms with Crippen LogP contribution in [0.5, 0.6) is 5.75 Å². The molecule has 0 saturated heterocycles. The topological polar surface area (TPSA) is 78.3 Å². The monoisotopic (exact) mass is 528 g/mol. The van der Waals surface area contributed by atoms with Crippen molar-refractivity contribution in [2.24, 2.45) is 0 Å². The fourth-order valence-electron chi connectivity index (χ4n) is 3.57. The summed E-state index contributed by atoms with van der Waals surface area (Å²) in [7, 11) is -4.42. The van der Waals surface area contributed by atoms with Crippen LogP contribution in [0.1, 0.15) is 21.5 Å². The van der Waals surface area contributed by atoms with E-state index in [9.17, 15) is 39.6 Å². The number of hydrogen-bond acceptors (Lipinski definition) is 5. The Hall–Kier alpha value is -3.87. The molecule has 0 aliphatic carbocycles. The van der Waals surface area contributed by atoms with Crippen molar-refractivity contribution < 1.29 is 44.3 Å². The molecule has 188 valence electrons. The molecule has 0 atom stereocenters. The number of nitrogens with zero attached hydrogens (tertiary/aromatic N) is 2. The highest BCUT2D eigenvalue weighted by Gasteiger charge is 2.36. The third-order valence-electron chi connectivity index (χ3n) is 5.12. The lowest BCUT2D eigenvalue weighted by molar-refractivity contribution is -0.138. The van der Waals surface area contributed by atoms with E-state index in [0.29, 0.717) is 15.5 Å². The number of ether oxygens (including phenoxy) is 1. The van der Waals surface area contributed by atoms with Gasteiger partial charge in [0.25, 0.3) is 10.0 Å². The third kappa shape index (κ3) is 4.91. The molecule has 0 N–H and O–H groups in total. The number of rotatable bonds is 7. The van der Waals surface area contributed by atoms with Gasteiger partial charge in [-0.1, -0.05) is 24.3 Å². The molecule has 4 rings (SSSR count). The van der Waals surface area contributed by atoms with Gasteiger partial charge in [-0.3, -0.25) is 4.79 Å². The fraction of sp³-hybridized carbons (Fsp3) is 0.130. The molecule has 0 bridgehead atoms. The number of halogens is 6. The zero-order valence-corrected chi connectivity index (χ0v) is 18.7. The van der Waals surface area contributed by atoms with Crippen molar-refractivity contribution >= 4 is 26.7 Å². The van der Waals surface area contributed by atoms with E-state index in [1.807, 2.05) is 0 Å². The van der Waals surface area contributed by atoms with Gasteiger partial charge in [-0.25, -0.2) is 4.39 Å². The normalized spacial score (nSPS) is 12.3. The Balaban J connectivity index is 1.72. The van der Waals surface area contributed by atoms with Crippen molar-refractivity contribution in [1.29, 1.82) is 0 Å². The quantitative estimate of drug-likeness (QED) is 0.235. The van der Waals surface area contributed by atoms with Crippen LogP contribution >= 0.6 is 0 Å². The first kappa shape index (κ1) is 25.2. The second-order valence-electron chi connectivity index (χ2n) is 7.50. The highest BCUT2D eigenvalue weighted by molar-refractivity contribution is 7.90. The molecular weight excluding hydrogens is 514 g/mol. The summed E-state index contributed by atoms with van der Waals surface area (Å²) in [5.41, 5.74) is -2.49. The lowest BCUT2D eigenvalue weighted by Crippen LogP contribution is -2.17. The van der Waals surface area contributed by atoms with Gasteiger partial charge in [-0.05, 0) is 35.9 Å². The SMILES string of the molecule is O=C(Cc1ccc2cnn(S(=O)(=O)c3cccc(OC(F)F)c3)c2c1)c1c(F)cccc1C(F)(F)F. The maximum absolute atomic E-state index is 14.2. The number of carbonyl (C=O) groups excluding carboxylic acids is 1. The van der Waals surface area contributed by atoms with Crippen molar-refractivity contribution in [3.8, 4) is 5.75 Å². The maximum atomic E-state index is 14.2. The Morgan fingerprint density at radius 1 is 1.03 bits per heavy atom. The molecule has 4 aromatic rings. The van der Waals surface area contributed by atoms with E-state index in [2.05, 4.69) is 9.84 Å². The van der Waals surface area contributed by atoms with Crippen molar-refractivity contribution in [2.45, 2.75) is 24.1 Å². The molecule has 0 radical (unpaired) electrons. The first-order valence-corrected chi connectivity index (χ1v) is 11.5. The summed E-state index contributed by atoms with van der Waals surface area (Å²) in [4.78, 5) is 12.2. The number of ketones is 1. The second kappa shape index (κ2) is 9.30. The molecule has 0 fully saturated rings. The van der Waals surface area contributed by atoms with Crippen LogP contribution in [0, 0.1) is 5.82 Å². The highest BCUT2D eigenvalue weighted by Crippen LogP contribution is 2.34. The molecule has 1 heterocycles. The average molecular weight is 528 g/mol. The minimum Gasteiger partial charge on any atom is -0.435 e. The maximum Gasteiger partial charge on any atom is 0.417 e. The third-order valence-corrected chi connectivity index (χ3v) is 6.72. The van der Waals surface area contributed by atoms with Gasteiger partial charge >= 0.3 is 12.8 Å². The van der Waals surface area contributed by atoms with Gasteiger partial charge in [0.15, 0.2) is 5.78 Å². The number of benzene rings is 3. The van der Waals surface area contributed by atoms with Crippen molar-refractivity contribution in [3.05, 3.63) is 89.4 Å². The van der Waals surface area contributed by atoms with Crippen LogP contribution in [0.3, 0.4) is 0 Å². The van der Waals surface area contributed by atoms with E-state index in [4.69, 9.17) is 0 Å². The number of hydrogen-bond donors (Lipinski definition) is 0. The summed E-state index contributed by atoms with van der Waals surface area (Å²) in [6, 6.07) is 10.5. The summed E-state index contributed by atoms with van der Waals surface area (Å²) < 4.78 is 110. The summed E-state index contributed by atoms with van der Waals surface area (Å²) in [6.07, 6.45) is -4.44. The van der Waals surface area contributed by atoms with E-state index >= 15 is 0 Å². The van der Waals surface area contributed by atoms with Gasteiger partial charge in [0.1, 0.15) is 11.6 Å². The molecule has 3 aromatic carbocycles. The van der Waals surface area contributed by atoms with E-state index in [-0.39, 0.29) is 11.1 Å². The van der Waals surface area contributed by atoms with E-state index in [1.54, 1.807) is 0 Å². The fourth-order valence-corrected chi connectivity index (χ4v) is 4.87. The van der Waals surface area contributed by atoms with Crippen LogP contribution in [0.25, 0.3) is 10.9 Å². The van der Waals surface area contributed by atoms with E-state index < -0.39 is 62.6 Å². The Morgan fingerprint density at radius 3 is 2.44 bits per heavy atom. The molecule has 1 aromatic heterocycles. The summed E-state index contributed by atoms with van der Waals surface area (Å²) in [5, 5.41) is 4.12. The van der Waals surface area contributed by atoms with E-state index in [1.165, 1.54) is 30.5 Å². The van der Waals surface area contributed by atoms with Gasteiger partial charge in [0.2, 0.25) is 0 Å². The van der Waals surface area contributed by atoms with Gasteiger partial charge in [-0.15, -0.1) is 0 Å². The Morgan fingerprint density at radius 2 is 1.75 bits per heavy atom. The van der Waals surface area contributed by atoms with Gasteiger partial charge in [0.05, 0.1) is 27.7 Å². The molecule has 0 saturated carbocycles. The zero-order chi connectivity index (χ0) is 26.3. The smallest absolute Gasteiger partial charge is 0.417 e. The molecule has 0 aliphatic heterocycles. The van der Waals surface area contributed by atoms with Crippen molar-refractivity contribution in [2.75, 3.05) is 0 Å². The first-order valence-electron chi connectivity index (χ1n) is 10.0. The van der Waals surface area contributed by atoms with Crippen LogP contribution in [0.15, 0.2) is 71.8 Å². The summed E-state index contributed by atoms with van der Waals surface area (Å²) in [5.74, 6) is -2.90. The Labute approximate surface area is 199 Å². The first-order chi connectivity index (χ1) is 16.9. The molecular formula is C23H14F6N2O4S. The van der Waals surface area contributed by atoms with Crippen LogP contribution < -0.4 is 4.74 Å². The van der Waals surface area contributed by atoms with Crippen LogP contribution in [0.2, 0.25) is 0 Å². The van der Waals surface area contributed by atoms with E-state index in [0.717, 1.165) is 30.3 Å². The predicted octanol–water partition coefficient (Wildman–Crippen LogP) is 5.46. The number of aromatic nitrogens is 2. The van der Waals surface area contributed by atoms with Gasteiger partial charge < -0.3 is 4.74 Å². The molecule has 13 heteroatoms. The molecule has 6 nitrogen and oxygen atoms in total. The second-order valence-corrected chi connectivity index (χ2v) is 9.27. The lowest BCUT2D eigenvalue weighted by atomic mass is 9.97. The molecule has 36 heavy (non-hydrogen) atoms. The largest absolute Gasteiger partial charge is 0.435 e. The summed E-state index contributed by atoms with van der Waals surface area (Å²) in [6.45, 7) is -3.18. The number of fused-ring (bicyclic) bond motifs is 1. The standard InChI is InChI=1S/C23H14F6N2O4S/c24-18-6-2-5-17(23(27,28)29)21(18)20(32)10-13-7-8-14-12-30-31(19(14)9-13)36(33,34)16-4-1-3-15(11-16)35-22(25)26/h1-9,11-12,22H,10H2. The Kier molecular flexibility index (Phi) is 6.52. The van der Waals surface area contributed by atoms with Crippen molar-refractivity contribution in [1.82, 2.24) is 9.19 Å². The average Bonchev–Trinajstić information content (AvgIpc) is 3.22. The number of alkyl halides is 5. The molecule has 0 aliphatic rings. The zero-order valence-electron chi connectivity index (χ0n) is 17.8. The molecule has 0 unspecified atom stereocenters. The minimum atomic E-state index is -4.97. The number of Topliss-reactive ketones (excluding diaryl/α,β-unsaturated/α-hetero) is 1. The van der Waals surface area contributed by atoms with Gasteiger partial charge in [0, 0.05) is 17.9 Å². The van der Waals surface area contributed by atoms with Crippen LogP contribution in [0.4, 0.5) is 26.3 Å². The summed E-state index contributed by atoms with van der Waals surface area (Å²) >= 11 is 0. The number of carbonyl (C=O) groups is 1. The van der Waals surface area contributed by atoms with Crippen LogP contribution in [-0.4, -0.2) is 30.0 Å².